The molecule has 0 aliphatic rings. The average molecular weight is 458 g/mol. The zero-order valence-electron chi connectivity index (χ0n) is 15.2. The first-order valence-electron chi connectivity index (χ1n) is 8.08. The third kappa shape index (κ3) is 6.28. The Morgan fingerprint density at radius 2 is 2.04 bits per heavy atom. The number of guanidine groups is 1. The zero-order valence-corrected chi connectivity index (χ0v) is 17.5. The summed E-state index contributed by atoms with van der Waals surface area (Å²) in [6, 6.07) is 7.86. The second-order valence-electron chi connectivity index (χ2n) is 5.78. The molecule has 1 aromatic carbocycles. The number of aryl methyl sites for hydroxylation is 2. The van der Waals surface area contributed by atoms with Crippen LogP contribution in [-0.4, -0.2) is 50.9 Å². The SMILES string of the molecule is CCNC(=NCC(O)c1ccc(C)cc1)N(C)Cc1ncnn1C.I. The van der Waals surface area contributed by atoms with E-state index in [0.717, 1.165) is 23.9 Å². The molecular formula is C17H27IN6O. The highest BCUT2D eigenvalue weighted by Crippen LogP contribution is 2.14. The number of hydrogen-bond acceptors (Lipinski definition) is 4. The number of nitrogens with zero attached hydrogens (tertiary/aromatic N) is 5. The molecule has 0 bridgehead atoms. The molecule has 138 valence electrons. The Bertz CT molecular complexity index is 670. The van der Waals surface area contributed by atoms with E-state index in [1.807, 2.05) is 57.1 Å². The van der Waals surface area contributed by atoms with E-state index in [9.17, 15) is 5.11 Å². The van der Waals surface area contributed by atoms with Gasteiger partial charge in [-0.3, -0.25) is 9.67 Å². The van der Waals surface area contributed by atoms with E-state index in [-0.39, 0.29) is 24.0 Å². The molecule has 1 aromatic heterocycles. The largest absolute Gasteiger partial charge is 0.386 e. The van der Waals surface area contributed by atoms with Crippen molar-refractivity contribution in [3.8, 4) is 0 Å². The number of aromatic nitrogens is 3. The van der Waals surface area contributed by atoms with E-state index in [1.165, 1.54) is 11.9 Å². The molecular weight excluding hydrogens is 431 g/mol. The molecule has 0 radical (unpaired) electrons. The molecule has 0 spiro atoms. The molecule has 0 aliphatic carbocycles. The number of nitrogens with one attached hydrogen (secondary N) is 1. The first kappa shape index (κ1) is 21.4. The van der Waals surface area contributed by atoms with Crippen molar-refractivity contribution in [1.82, 2.24) is 25.0 Å². The van der Waals surface area contributed by atoms with Crippen LogP contribution in [0.15, 0.2) is 35.6 Å². The van der Waals surface area contributed by atoms with E-state index < -0.39 is 6.10 Å². The van der Waals surface area contributed by atoms with Gasteiger partial charge in [-0.2, -0.15) is 5.10 Å². The molecule has 8 heteroatoms. The van der Waals surface area contributed by atoms with Gasteiger partial charge in [0.2, 0.25) is 0 Å². The van der Waals surface area contributed by atoms with E-state index in [4.69, 9.17) is 0 Å². The number of aliphatic imine (C=N–C) groups is 1. The van der Waals surface area contributed by atoms with Gasteiger partial charge in [-0.15, -0.1) is 24.0 Å². The zero-order chi connectivity index (χ0) is 17.5. The van der Waals surface area contributed by atoms with Gasteiger partial charge in [0.1, 0.15) is 12.2 Å². The lowest BCUT2D eigenvalue weighted by molar-refractivity contribution is 0.186. The first-order chi connectivity index (χ1) is 11.5. The third-order valence-electron chi connectivity index (χ3n) is 3.76. The van der Waals surface area contributed by atoms with Crippen LogP contribution in [0.4, 0.5) is 0 Å². The van der Waals surface area contributed by atoms with Crippen LogP contribution in [0, 0.1) is 6.92 Å². The quantitative estimate of drug-likeness (QED) is 0.393. The monoisotopic (exact) mass is 458 g/mol. The van der Waals surface area contributed by atoms with Crippen LogP contribution in [0.25, 0.3) is 0 Å². The fourth-order valence-electron chi connectivity index (χ4n) is 2.29. The van der Waals surface area contributed by atoms with Crippen LogP contribution in [0.2, 0.25) is 0 Å². The van der Waals surface area contributed by atoms with Gasteiger partial charge in [-0.1, -0.05) is 29.8 Å². The maximum Gasteiger partial charge on any atom is 0.194 e. The highest BCUT2D eigenvalue weighted by molar-refractivity contribution is 14.0. The van der Waals surface area contributed by atoms with Crippen LogP contribution in [0.1, 0.15) is 30.0 Å². The lowest BCUT2D eigenvalue weighted by Crippen LogP contribution is -2.39. The van der Waals surface area contributed by atoms with Crippen molar-refractivity contribution < 1.29 is 5.11 Å². The molecule has 1 heterocycles. The summed E-state index contributed by atoms with van der Waals surface area (Å²) in [5, 5.41) is 17.6. The molecule has 2 rings (SSSR count). The molecule has 0 aliphatic heterocycles. The second kappa shape index (κ2) is 10.3. The molecule has 0 saturated carbocycles. The topological polar surface area (TPSA) is 78.6 Å². The van der Waals surface area contributed by atoms with Gasteiger partial charge < -0.3 is 15.3 Å². The summed E-state index contributed by atoms with van der Waals surface area (Å²) in [6.07, 6.45) is 0.913. The summed E-state index contributed by atoms with van der Waals surface area (Å²) < 4.78 is 1.74. The Balaban J connectivity index is 0.00000312. The number of aliphatic hydroxyl groups excluding tert-OH is 1. The summed E-state index contributed by atoms with van der Waals surface area (Å²) in [6.45, 7) is 5.68. The van der Waals surface area contributed by atoms with Gasteiger partial charge in [-0.25, -0.2) is 4.98 Å². The summed E-state index contributed by atoms with van der Waals surface area (Å²) in [5.41, 5.74) is 2.04. The van der Waals surface area contributed by atoms with Gasteiger partial charge in [0.25, 0.3) is 0 Å². The number of benzene rings is 1. The van der Waals surface area contributed by atoms with Crippen LogP contribution in [-0.2, 0) is 13.6 Å². The fraction of sp³-hybridized carbons (Fsp3) is 0.471. The van der Waals surface area contributed by atoms with Crippen molar-refractivity contribution in [1.29, 1.82) is 0 Å². The molecule has 0 amide bonds. The molecule has 0 fully saturated rings. The lowest BCUT2D eigenvalue weighted by Gasteiger charge is -2.22. The Morgan fingerprint density at radius 3 is 2.60 bits per heavy atom. The van der Waals surface area contributed by atoms with Crippen LogP contribution < -0.4 is 5.32 Å². The van der Waals surface area contributed by atoms with Crippen LogP contribution in [0.5, 0.6) is 0 Å². The Kier molecular flexibility index (Phi) is 8.84. The van der Waals surface area contributed by atoms with Gasteiger partial charge in [0.15, 0.2) is 5.96 Å². The van der Waals surface area contributed by atoms with Crippen molar-refractivity contribution in [2.45, 2.75) is 26.5 Å². The number of halogens is 1. The summed E-state index contributed by atoms with van der Waals surface area (Å²) in [5.74, 6) is 1.58. The van der Waals surface area contributed by atoms with Crippen molar-refractivity contribution in [3.63, 3.8) is 0 Å². The smallest absolute Gasteiger partial charge is 0.194 e. The molecule has 2 aromatic rings. The highest BCUT2D eigenvalue weighted by atomic mass is 127. The first-order valence-corrected chi connectivity index (χ1v) is 8.08. The molecule has 1 unspecified atom stereocenters. The van der Waals surface area contributed by atoms with Gasteiger partial charge >= 0.3 is 0 Å². The van der Waals surface area contributed by atoms with Crippen LogP contribution in [0.3, 0.4) is 0 Å². The van der Waals surface area contributed by atoms with E-state index in [0.29, 0.717) is 13.1 Å². The Labute approximate surface area is 166 Å². The molecule has 1 atom stereocenters. The predicted molar refractivity (Wildman–Crippen MR) is 110 cm³/mol. The number of aliphatic hydroxyl groups is 1. The average Bonchev–Trinajstić information content (AvgIpc) is 2.96. The summed E-state index contributed by atoms with van der Waals surface area (Å²) >= 11 is 0. The summed E-state index contributed by atoms with van der Waals surface area (Å²) in [7, 11) is 3.80. The minimum absolute atomic E-state index is 0. The van der Waals surface area contributed by atoms with Gasteiger partial charge in [0.05, 0.1) is 19.2 Å². The fourth-order valence-corrected chi connectivity index (χ4v) is 2.29. The second-order valence-corrected chi connectivity index (χ2v) is 5.78. The minimum atomic E-state index is -0.623. The molecule has 0 saturated heterocycles. The number of rotatable bonds is 6. The normalized spacial score (nSPS) is 12.4. The van der Waals surface area contributed by atoms with E-state index in [2.05, 4.69) is 20.4 Å². The molecule has 2 N–H and O–H groups in total. The molecule has 7 nitrogen and oxygen atoms in total. The Hall–Kier alpha value is -1.68. The van der Waals surface area contributed by atoms with E-state index >= 15 is 0 Å². The highest BCUT2D eigenvalue weighted by Gasteiger charge is 2.12. The number of hydrogen-bond donors (Lipinski definition) is 2. The van der Waals surface area contributed by atoms with Crippen molar-refractivity contribution in [2.24, 2.45) is 12.0 Å². The predicted octanol–water partition coefficient (Wildman–Crippen LogP) is 1.87. The standard InChI is InChI=1S/C17H26N6O.HI/c1-5-18-17(22(3)11-16-20-12-21-23(16)4)19-10-15(24)14-8-6-13(2)7-9-14;/h6-9,12,15,24H,5,10-11H2,1-4H3,(H,18,19);1H. The van der Waals surface area contributed by atoms with Crippen molar-refractivity contribution in [2.75, 3.05) is 20.1 Å². The maximum atomic E-state index is 10.3. The summed E-state index contributed by atoms with van der Waals surface area (Å²) in [4.78, 5) is 10.7. The van der Waals surface area contributed by atoms with Gasteiger partial charge in [0, 0.05) is 20.6 Å². The van der Waals surface area contributed by atoms with E-state index in [1.54, 1.807) is 4.68 Å². The van der Waals surface area contributed by atoms with Crippen LogP contribution >= 0.6 is 24.0 Å². The maximum absolute atomic E-state index is 10.3. The third-order valence-corrected chi connectivity index (χ3v) is 3.76. The Morgan fingerprint density at radius 1 is 1.36 bits per heavy atom. The van der Waals surface area contributed by atoms with Crippen molar-refractivity contribution >= 4 is 29.9 Å². The minimum Gasteiger partial charge on any atom is -0.386 e. The van der Waals surface area contributed by atoms with Gasteiger partial charge in [-0.05, 0) is 19.4 Å². The lowest BCUT2D eigenvalue weighted by atomic mass is 10.1. The molecule has 25 heavy (non-hydrogen) atoms. The van der Waals surface area contributed by atoms with Crippen molar-refractivity contribution in [3.05, 3.63) is 47.5 Å².